The topological polar surface area (TPSA) is 59.1 Å². The summed E-state index contributed by atoms with van der Waals surface area (Å²) in [4.78, 5) is 8.71. The summed E-state index contributed by atoms with van der Waals surface area (Å²) < 4.78 is 5.45. The fourth-order valence-electron chi connectivity index (χ4n) is 2.54. The van der Waals surface area contributed by atoms with Crippen LogP contribution in [0.3, 0.4) is 0 Å². The van der Waals surface area contributed by atoms with Crippen LogP contribution < -0.4 is 10.6 Å². The molecule has 2 unspecified atom stereocenters. The molecule has 1 fully saturated rings. The van der Waals surface area contributed by atoms with E-state index in [0.717, 1.165) is 36.8 Å². The van der Waals surface area contributed by atoms with Gasteiger partial charge in [-0.05, 0) is 19.3 Å². The first-order chi connectivity index (χ1) is 9.13. The second-order valence-corrected chi connectivity index (χ2v) is 5.45. The molecular weight excluding hydrogens is 240 g/mol. The maximum absolute atomic E-state index is 5.45. The minimum atomic E-state index is 0.361. The molecule has 1 saturated heterocycles. The van der Waals surface area contributed by atoms with E-state index in [9.17, 15) is 0 Å². The molecule has 0 radical (unpaired) electrons. The van der Waals surface area contributed by atoms with Gasteiger partial charge in [0, 0.05) is 31.2 Å². The summed E-state index contributed by atoms with van der Waals surface area (Å²) in [6.45, 7) is 8.24. The van der Waals surface area contributed by atoms with Crippen molar-refractivity contribution in [3.8, 4) is 0 Å². The van der Waals surface area contributed by atoms with Crippen molar-refractivity contribution in [2.24, 2.45) is 5.92 Å². The monoisotopic (exact) mass is 264 g/mol. The predicted molar refractivity (Wildman–Crippen MR) is 77.7 cm³/mol. The summed E-state index contributed by atoms with van der Waals surface area (Å²) in [5, 5.41) is 6.68. The van der Waals surface area contributed by atoms with Gasteiger partial charge in [0.05, 0.1) is 6.61 Å². The molecule has 0 spiro atoms. The summed E-state index contributed by atoms with van der Waals surface area (Å²) in [6.07, 6.45) is 2.73. The molecule has 2 atom stereocenters. The largest absolute Gasteiger partial charge is 0.381 e. The lowest BCUT2D eigenvalue weighted by Crippen LogP contribution is -2.27. The summed E-state index contributed by atoms with van der Waals surface area (Å²) in [5.41, 5.74) is 1.15. The molecule has 0 saturated carbocycles. The molecule has 0 amide bonds. The van der Waals surface area contributed by atoms with E-state index < -0.39 is 0 Å². The lowest BCUT2D eigenvalue weighted by molar-refractivity contribution is 0.183. The number of rotatable bonds is 5. The molecule has 0 bridgehead atoms. The van der Waals surface area contributed by atoms with Gasteiger partial charge in [-0.3, -0.25) is 0 Å². The highest BCUT2D eigenvalue weighted by molar-refractivity contribution is 5.59. The van der Waals surface area contributed by atoms with Crippen LogP contribution >= 0.6 is 0 Å². The molecule has 0 aromatic carbocycles. The van der Waals surface area contributed by atoms with Crippen LogP contribution in [0.25, 0.3) is 0 Å². The van der Waals surface area contributed by atoms with Crippen molar-refractivity contribution in [1.29, 1.82) is 0 Å². The SMILES string of the molecule is CNc1ncnc(NC(C)C2CCOC2)c1C(C)C. The van der Waals surface area contributed by atoms with Crippen molar-refractivity contribution in [2.45, 2.75) is 39.2 Å². The predicted octanol–water partition coefficient (Wildman–Crippen LogP) is 2.48. The van der Waals surface area contributed by atoms with Crippen LogP contribution in [0.4, 0.5) is 11.6 Å². The Morgan fingerprint density at radius 3 is 2.58 bits per heavy atom. The molecule has 0 aliphatic carbocycles. The molecule has 1 aromatic heterocycles. The Hall–Kier alpha value is -1.36. The van der Waals surface area contributed by atoms with Crippen LogP contribution in [0.15, 0.2) is 6.33 Å². The van der Waals surface area contributed by atoms with Gasteiger partial charge in [0.1, 0.15) is 18.0 Å². The number of nitrogens with one attached hydrogen (secondary N) is 2. The van der Waals surface area contributed by atoms with Gasteiger partial charge in [0.2, 0.25) is 0 Å². The number of ether oxygens (including phenoxy) is 1. The number of nitrogens with zero attached hydrogens (tertiary/aromatic N) is 2. The Bertz CT molecular complexity index is 416. The van der Waals surface area contributed by atoms with Crippen molar-refractivity contribution in [2.75, 3.05) is 30.9 Å². The van der Waals surface area contributed by atoms with Crippen LogP contribution in [-0.4, -0.2) is 36.3 Å². The molecule has 19 heavy (non-hydrogen) atoms. The van der Waals surface area contributed by atoms with Crippen molar-refractivity contribution < 1.29 is 4.74 Å². The van der Waals surface area contributed by atoms with Crippen molar-refractivity contribution in [3.05, 3.63) is 11.9 Å². The molecule has 2 rings (SSSR count). The van der Waals surface area contributed by atoms with E-state index in [1.54, 1.807) is 6.33 Å². The lowest BCUT2D eigenvalue weighted by Gasteiger charge is -2.23. The maximum Gasteiger partial charge on any atom is 0.135 e. The lowest BCUT2D eigenvalue weighted by atomic mass is 9.99. The first kappa shape index (κ1) is 14.1. The zero-order chi connectivity index (χ0) is 13.8. The number of hydrogen-bond donors (Lipinski definition) is 2. The van der Waals surface area contributed by atoms with Crippen LogP contribution in [0.1, 0.15) is 38.7 Å². The Labute approximate surface area is 115 Å². The summed E-state index contributed by atoms with van der Waals surface area (Å²) in [5.74, 6) is 2.78. The van der Waals surface area contributed by atoms with E-state index in [-0.39, 0.29) is 0 Å². The standard InChI is InChI=1S/C14H24N4O/c1-9(2)12-13(15-4)16-8-17-14(12)18-10(3)11-5-6-19-7-11/h8-11H,5-7H2,1-4H3,(H2,15,16,17,18). The minimum absolute atomic E-state index is 0.361. The second-order valence-electron chi connectivity index (χ2n) is 5.45. The number of anilines is 2. The maximum atomic E-state index is 5.45. The van der Waals surface area contributed by atoms with Crippen LogP contribution in [-0.2, 0) is 4.74 Å². The molecule has 5 heteroatoms. The van der Waals surface area contributed by atoms with Crippen LogP contribution in [0, 0.1) is 5.92 Å². The molecule has 2 heterocycles. The van der Waals surface area contributed by atoms with Gasteiger partial charge >= 0.3 is 0 Å². The fourth-order valence-corrected chi connectivity index (χ4v) is 2.54. The summed E-state index contributed by atoms with van der Waals surface area (Å²) in [7, 11) is 1.90. The van der Waals surface area contributed by atoms with Crippen molar-refractivity contribution >= 4 is 11.6 Å². The average molecular weight is 264 g/mol. The van der Waals surface area contributed by atoms with Crippen molar-refractivity contribution in [3.63, 3.8) is 0 Å². The zero-order valence-corrected chi connectivity index (χ0v) is 12.2. The first-order valence-electron chi connectivity index (χ1n) is 7.00. The third kappa shape index (κ3) is 3.15. The molecule has 2 N–H and O–H groups in total. The Morgan fingerprint density at radius 2 is 2.00 bits per heavy atom. The minimum Gasteiger partial charge on any atom is -0.381 e. The van der Waals surface area contributed by atoms with Gasteiger partial charge in [-0.15, -0.1) is 0 Å². The van der Waals surface area contributed by atoms with Crippen LogP contribution in [0.5, 0.6) is 0 Å². The third-order valence-corrected chi connectivity index (χ3v) is 3.73. The van der Waals surface area contributed by atoms with Gasteiger partial charge in [-0.2, -0.15) is 0 Å². The molecule has 1 aliphatic rings. The molecule has 5 nitrogen and oxygen atoms in total. The Balaban J connectivity index is 2.18. The van der Waals surface area contributed by atoms with Gasteiger partial charge in [0.25, 0.3) is 0 Å². The average Bonchev–Trinajstić information content (AvgIpc) is 2.92. The van der Waals surface area contributed by atoms with E-state index in [1.807, 2.05) is 7.05 Å². The molecular formula is C14H24N4O. The second kappa shape index (κ2) is 6.19. The van der Waals surface area contributed by atoms with E-state index in [2.05, 4.69) is 41.4 Å². The molecule has 1 aliphatic heterocycles. The smallest absolute Gasteiger partial charge is 0.135 e. The van der Waals surface area contributed by atoms with E-state index in [4.69, 9.17) is 4.74 Å². The van der Waals surface area contributed by atoms with Gasteiger partial charge in [-0.25, -0.2) is 9.97 Å². The van der Waals surface area contributed by atoms with Crippen molar-refractivity contribution in [1.82, 2.24) is 9.97 Å². The van der Waals surface area contributed by atoms with E-state index in [1.165, 1.54) is 0 Å². The van der Waals surface area contributed by atoms with E-state index in [0.29, 0.717) is 17.9 Å². The first-order valence-corrected chi connectivity index (χ1v) is 7.00. The highest BCUT2D eigenvalue weighted by atomic mass is 16.5. The fraction of sp³-hybridized carbons (Fsp3) is 0.714. The normalized spacial score (nSPS) is 20.6. The number of hydrogen-bond acceptors (Lipinski definition) is 5. The van der Waals surface area contributed by atoms with Crippen LogP contribution in [0.2, 0.25) is 0 Å². The highest BCUT2D eigenvalue weighted by Crippen LogP contribution is 2.29. The Morgan fingerprint density at radius 1 is 1.26 bits per heavy atom. The van der Waals surface area contributed by atoms with E-state index >= 15 is 0 Å². The van der Waals surface area contributed by atoms with Gasteiger partial charge in [0.15, 0.2) is 0 Å². The Kier molecular flexibility index (Phi) is 4.58. The highest BCUT2D eigenvalue weighted by Gasteiger charge is 2.24. The zero-order valence-electron chi connectivity index (χ0n) is 12.2. The third-order valence-electron chi connectivity index (χ3n) is 3.73. The molecule has 106 valence electrons. The quantitative estimate of drug-likeness (QED) is 0.855. The summed E-state index contributed by atoms with van der Waals surface area (Å²) >= 11 is 0. The molecule has 1 aromatic rings. The van der Waals surface area contributed by atoms with Gasteiger partial charge in [-0.1, -0.05) is 13.8 Å². The van der Waals surface area contributed by atoms with Gasteiger partial charge < -0.3 is 15.4 Å². The summed E-state index contributed by atoms with van der Waals surface area (Å²) in [6, 6.07) is 0.361. The number of aromatic nitrogens is 2.